The van der Waals surface area contributed by atoms with Gasteiger partial charge in [0.2, 0.25) is 6.79 Å². The average molecular weight is 344 g/mol. The van der Waals surface area contributed by atoms with Crippen LogP contribution < -0.4 is 4.74 Å². The second kappa shape index (κ2) is 11.4. The van der Waals surface area contributed by atoms with Crippen LogP contribution in [0.1, 0.15) is 58.1 Å². The number of aromatic nitrogens is 1. The van der Waals surface area contributed by atoms with Gasteiger partial charge < -0.3 is 14.5 Å². The Balaban J connectivity index is 0.000000531. The van der Waals surface area contributed by atoms with Crippen molar-refractivity contribution in [1.82, 2.24) is 4.98 Å². The molecule has 2 rings (SSSR count). The van der Waals surface area contributed by atoms with Crippen molar-refractivity contribution in [1.29, 1.82) is 0 Å². The minimum absolute atomic E-state index is 0.271. The summed E-state index contributed by atoms with van der Waals surface area (Å²) in [6.07, 6.45) is 6.85. The molecule has 2 aromatic rings. The predicted molar refractivity (Wildman–Crippen MR) is 106 cm³/mol. The molecule has 0 aliphatic rings. The zero-order valence-corrected chi connectivity index (χ0v) is 16.5. The maximum absolute atomic E-state index is 5.84. The van der Waals surface area contributed by atoms with Gasteiger partial charge in [-0.15, -0.1) is 0 Å². The van der Waals surface area contributed by atoms with E-state index in [0.29, 0.717) is 11.8 Å². The molecule has 3 heteroatoms. The van der Waals surface area contributed by atoms with E-state index in [1.54, 1.807) is 0 Å². The fourth-order valence-corrected chi connectivity index (χ4v) is 2.39. The largest absolute Gasteiger partial charge is 0.462 e. The van der Waals surface area contributed by atoms with E-state index in [2.05, 4.69) is 57.8 Å². The Kier molecular flexibility index (Phi) is 9.53. The highest BCUT2D eigenvalue weighted by Gasteiger charge is 2.10. The molecule has 3 nitrogen and oxygen atoms in total. The normalized spacial score (nSPS) is 12.4. The van der Waals surface area contributed by atoms with Crippen molar-refractivity contribution < 1.29 is 9.47 Å². The molecule has 0 radical (unpaired) electrons. The van der Waals surface area contributed by atoms with Crippen LogP contribution in [0.4, 0.5) is 0 Å². The molecule has 1 heterocycles. The lowest BCUT2D eigenvalue weighted by atomic mass is 10.0. The Bertz CT molecular complexity index is 598. The second-order valence-corrected chi connectivity index (χ2v) is 6.49. The first-order valence-corrected chi connectivity index (χ1v) is 9.09. The zero-order valence-electron chi connectivity index (χ0n) is 16.5. The van der Waals surface area contributed by atoms with Crippen LogP contribution in [-0.2, 0) is 4.74 Å². The van der Waals surface area contributed by atoms with Gasteiger partial charge in [0.05, 0.1) is 5.76 Å². The molecule has 0 saturated heterocycles. The third-order valence-corrected chi connectivity index (χ3v) is 4.11. The average Bonchev–Trinajstić information content (AvgIpc) is 3.17. The molecule has 1 atom stereocenters. The molecule has 138 valence electrons. The SMILES string of the molecule is C/C=C(\OCOc1cc(C)ccc1C(C)C)C(C)CC.c1cc[nH]c1. The molecule has 25 heavy (non-hydrogen) atoms. The lowest BCUT2D eigenvalue weighted by Gasteiger charge is -2.18. The molecule has 1 N–H and O–H groups in total. The fraction of sp³-hybridized carbons (Fsp3) is 0.455. The third kappa shape index (κ3) is 7.51. The van der Waals surface area contributed by atoms with Crippen LogP contribution in [0.2, 0.25) is 0 Å². The Morgan fingerprint density at radius 1 is 1.16 bits per heavy atom. The Morgan fingerprint density at radius 2 is 1.84 bits per heavy atom. The van der Waals surface area contributed by atoms with Crippen molar-refractivity contribution in [2.45, 2.75) is 53.9 Å². The van der Waals surface area contributed by atoms with Crippen LogP contribution in [0.15, 0.2) is 54.6 Å². The van der Waals surface area contributed by atoms with Gasteiger partial charge in [0.25, 0.3) is 0 Å². The summed E-state index contributed by atoms with van der Waals surface area (Å²) >= 11 is 0. The first-order chi connectivity index (χ1) is 12.0. The van der Waals surface area contributed by atoms with Crippen molar-refractivity contribution in [3.63, 3.8) is 0 Å². The molecular weight excluding hydrogens is 310 g/mol. The summed E-state index contributed by atoms with van der Waals surface area (Å²) in [6, 6.07) is 10.2. The summed E-state index contributed by atoms with van der Waals surface area (Å²) in [5.74, 6) is 2.82. The smallest absolute Gasteiger partial charge is 0.230 e. The molecular formula is C22H33NO2. The molecule has 0 fully saturated rings. The van der Waals surface area contributed by atoms with Crippen molar-refractivity contribution in [2.24, 2.45) is 5.92 Å². The Hall–Kier alpha value is -2.16. The van der Waals surface area contributed by atoms with E-state index in [0.717, 1.165) is 17.9 Å². The number of ether oxygens (including phenoxy) is 2. The van der Waals surface area contributed by atoms with Crippen LogP contribution in [0, 0.1) is 12.8 Å². The topological polar surface area (TPSA) is 34.2 Å². The first kappa shape index (κ1) is 20.9. The molecule has 0 saturated carbocycles. The number of hydrogen-bond donors (Lipinski definition) is 1. The third-order valence-electron chi connectivity index (χ3n) is 4.11. The van der Waals surface area contributed by atoms with Crippen molar-refractivity contribution >= 4 is 0 Å². The summed E-state index contributed by atoms with van der Waals surface area (Å²) in [4.78, 5) is 2.86. The maximum atomic E-state index is 5.84. The number of aryl methyl sites for hydroxylation is 1. The lowest BCUT2D eigenvalue weighted by molar-refractivity contribution is 0.0459. The van der Waals surface area contributed by atoms with Gasteiger partial charge in [-0.25, -0.2) is 0 Å². The zero-order chi connectivity index (χ0) is 18.7. The molecule has 0 spiro atoms. The van der Waals surface area contributed by atoms with Crippen molar-refractivity contribution in [2.75, 3.05) is 6.79 Å². The van der Waals surface area contributed by atoms with Crippen LogP contribution >= 0.6 is 0 Å². The van der Waals surface area contributed by atoms with Crippen LogP contribution in [0.5, 0.6) is 5.75 Å². The van der Waals surface area contributed by atoms with Gasteiger partial charge in [-0.3, -0.25) is 0 Å². The van der Waals surface area contributed by atoms with E-state index in [1.807, 2.05) is 37.5 Å². The number of rotatable bonds is 7. The highest BCUT2D eigenvalue weighted by atomic mass is 16.7. The Labute approximate surface area is 153 Å². The highest BCUT2D eigenvalue weighted by Crippen LogP contribution is 2.27. The van der Waals surface area contributed by atoms with Gasteiger partial charge in [0.15, 0.2) is 0 Å². The first-order valence-electron chi connectivity index (χ1n) is 9.09. The highest BCUT2D eigenvalue weighted by molar-refractivity contribution is 5.39. The van der Waals surface area contributed by atoms with E-state index in [9.17, 15) is 0 Å². The fourth-order valence-electron chi connectivity index (χ4n) is 2.39. The van der Waals surface area contributed by atoms with Gasteiger partial charge in [0, 0.05) is 18.3 Å². The quantitative estimate of drug-likeness (QED) is 0.464. The van der Waals surface area contributed by atoms with Gasteiger partial charge in [-0.05, 0) is 61.6 Å². The van der Waals surface area contributed by atoms with E-state index < -0.39 is 0 Å². The number of nitrogens with one attached hydrogen (secondary N) is 1. The van der Waals surface area contributed by atoms with Crippen LogP contribution in [-0.4, -0.2) is 11.8 Å². The number of hydrogen-bond acceptors (Lipinski definition) is 2. The van der Waals surface area contributed by atoms with Crippen molar-refractivity contribution in [3.8, 4) is 5.75 Å². The van der Waals surface area contributed by atoms with Gasteiger partial charge >= 0.3 is 0 Å². The predicted octanol–water partition coefficient (Wildman–Crippen LogP) is 6.44. The van der Waals surface area contributed by atoms with Gasteiger partial charge in [0.1, 0.15) is 5.75 Å². The van der Waals surface area contributed by atoms with Crippen molar-refractivity contribution in [3.05, 3.63) is 65.7 Å². The number of allylic oxidation sites excluding steroid dienone is 2. The number of H-pyrrole nitrogens is 1. The summed E-state index contributed by atoms with van der Waals surface area (Å²) in [7, 11) is 0. The summed E-state index contributed by atoms with van der Waals surface area (Å²) in [6.45, 7) is 13.0. The van der Waals surface area contributed by atoms with E-state index >= 15 is 0 Å². The summed E-state index contributed by atoms with van der Waals surface area (Å²) < 4.78 is 11.6. The maximum Gasteiger partial charge on any atom is 0.230 e. The molecule has 1 aromatic carbocycles. The molecule has 0 bridgehead atoms. The lowest BCUT2D eigenvalue weighted by Crippen LogP contribution is -2.09. The monoisotopic (exact) mass is 343 g/mol. The molecule has 1 aromatic heterocycles. The standard InChI is InChI=1S/C18H28O2.C4H5N/c1-7-15(6)17(8-2)19-12-20-18-11-14(5)9-10-16(18)13(3)4;1-2-4-5-3-1/h8-11,13,15H,7,12H2,1-6H3;1-5H/b17-8-;. The summed E-state index contributed by atoms with van der Waals surface area (Å²) in [5, 5.41) is 0. The Morgan fingerprint density at radius 3 is 2.32 bits per heavy atom. The molecule has 0 amide bonds. The van der Waals surface area contributed by atoms with E-state index in [-0.39, 0.29) is 6.79 Å². The number of aromatic amines is 1. The summed E-state index contributed by atoms with van der Waals surface area (Å²) in [5.41, 5.74) is 2.43. The van der Waals surface area contributed by atoms with E-state index in [1.165, 1.54) is 11.1 Å². The van der Waals surface area contributed by atoms with Gasteiger partial charge in [-0.2, -0.15) is 0 Å². The van der Waals surface area contributed by atoms with Crippen LogP contribution in [0.3, 0.4) is 0 Å². The minimum atomic E-state index is 0.271. The second-order valence-electron chi connectivity index (χ2n) is 6.49. The van der Waals surface area contributed by atoms with E-state index in [4.69, 9.17) is 9.47 Å². The minimum Gasteiger partial charge on any atom is -0.462 e. The van der Waals surface area contributed by atoms with Crippen LogP contribution in [0.25, 0.3) is 0 Å². The molecule has 1 unspecified atom stereocenters. The number of benzene rings is 1. The van der Waals surface area contributed by atoms with Gasteiger partial charge in [-0.1, -0.05) is 39.8 Å². The molecule has 0 aliphatic carbocycles. The molecule has 0 aliphatic heterocycles.